The van der Waals surface area contributed by atoms with E-state index in [1.807, 2.05) is 12.1 Å². The highest BCUT2D eigenvalue weighted by Crippen LogP contribution is 2.25. The van der Waals surface area contributed by atoms with Crippen LogP contribution in [0.1, 0.15) is 11.1 Å². The fourth-order valence-electron chi connectivity index (χ4n) is 1.82. The third kappa shape index (κ3) is 2.73. The van der Waals surface area contributed by atoms with Crippen LogP contribution in [0.3, 0.4) is 0 Å². The zero-order chi connectivity index (χ0) is 11.4. The molecule has 0 aliphatic carbocycles. The second-order valence-corrected chi connectivity index (χ2v) is 3.86. The van der Waals surface area contributed by atoms with Gasteiger partial charge in [0.1, 0.15) is 5.75 Å². The molecular weight excluding hydrogens is 206 g/mol. The largest absolute Gasteiger partial charge is 0.493 e. The number of ether oxygens (including phenoxy) is 1. The Hall–Kier alpha value is -1.55. The Bertz CT molecular complexity index is 390. The molecule has 4 nitrogen and oxygen atoms in total. The minimum atomic E-state index is -0.817. The summed E-state index contributed by atoms with van der Waals surface area (Å²) in [4.78, 5) is 10.3. The van der Waals surface area contributed by atoms with Gasteiger partial charge in [-0.3, -0.25) is 4.79 Å². The highest BCUT2D eigenvalue weighted by molar-refractivity contribution is 5.68. The summed E-state index contributed by atoms with van der Waals surface area (Å²) in [7, 11) is 0. The standard InChI is InChI=1S/C12H15NO3/c14-12(15)8-13-5-3-9-1-2-11-10(7-9)4-6-16-11/h1-2,7,13H,3-6,8H2,(H,14,15). The minimum absolute atomic E-state index is 0.0219. The van der Waals surface area contributed by atoms with E-state index >= 15 is 0 Å². The van der Waals surface area contributed by atoms with Crippen molar-refractivity contribution in [1.29, 1.82) is 0 Å². The Balaban J connectivity index is 1.83. The average molecular weight is 221 g/mol. The highest BCUT2D eigenvalue weighted by Gasteiger charge is 2.11. The van der Waals surface area contributed by atoms with Gasteiger partial charge in [0.05, 0.1) is 13.2 Å². The van der Waals surface area contributed by atoms with E-state index in [4.69, 9.17) is 9.84 Å². The van der Waals surface area contributed by atoms with Gasteiger partial charge in [-0.15, -0.1) is 0 Å². The van der Waals surface area contributed by atoms with Gasteiger partial charge in [0, 0.05) is 6.42 Å². The number of hydrogen-bond donors (Lipinski definition) is 2. The molecular formula is C12H15NO3. The number of hydrogen-bond acceptors (Lipinski definition) is 3. The number of carboxylic acids is 1. The maximum Gasteiger partial charge on any atom is 0.317 e. The van der Waals surface area contributed by atoms with Gasteiger partial charge < -0.3 is 15.2 Å². The second kappa shape index (κ2) is 4.99. The van der Waals surface area contributed by atoms with Crippen molar-refractivity contribution in [3.05, 3.63) is 29.3 Å². The number of nitrogens with one attached hydrogen (secondary N) is 1. The van der Waals surface area contributed by atoms with Crippen LogP contribution in [0.25, 0.3) is 0 Å². The van der Waals surface area contributed by atoms with Crippen LogP contribution in [-0.4, -0.2) is 30.8 Å². The summed E-state index contributed by atoms with van der Waals surface area (Å²) in [5.74, 6) is 0.171. The Morgan fingerprint density at radius 3 is 3.19 bits per heavy atom. The molecule has 1 aromatic carbocycles. The molecule has 0 fully saturated rings. The molecule has 4 heteroatoms. The first kappa shape index (κ1) is 11.0. The fourth-order valence-corrected chi connectivity index (χ4v) is 1.82. The zero-order valence-electron chi connectivity index (χ0n) is 9.03. The van der Waals surface area contributed by atoms with Gasteiger partial charge in [0.2, 0.25) is 0 Å². The van der Waals surface area contributed by atoms with Crippen LogP contribution in [0.15, 0.2) is 18.2 Å². The van der Waals surface area contributed by atoms with E-state index in [9.17, 15) is 4.79 Å². The summed E-state index contributed by atoms with van der Waals surface area (Å²) < 4.78 is 5.42. The summed E-state index contributed by atoms with van der Waals surface area (Å²) in [5, 5.41) is 11.3. The van der Waals surface area contributed by atoms with E-state index in [1.54, 1.807) is 0 Å². The van der Waals surface area contributed by atoms with Crippen LogP contribution >= 0.6 is 0 Å². The average Bonchev–Trinajstić information content (AvgIpc) is 2.71. The molecule has 0 saturated carbocycles. The molecule has 0 atom stereocenters. The van der Waals surface area contributed by atoms with Crippen molar-refractivity contribution in [2.75, 3.05) is 19.7 Å². The molecule has 0 unspecified atom stereocenters. The van der Waals surface area contributed by atoms with E-state index in [2.05, 4.69) is 11.4 Å². The van der Waals surface area contributed by atoms with Gasteiger partial charge in [0.15, 0.2) is 0 Å². The molecule has 2 N–H and O–H groups in total. The molecule has 86 valence electrons. The van der Waals surface area contributed by atoms with E-state index in [0.29, 0.717) is 6.54 Å². The monoisotopic (exact) mass is 221 g/mol. The van der Waals surface area contributed by atoms with E-state index < -0.39 is 5.97 Å². The van der Waals surface area contributed by atoms with Gasteiger partial charge in [-0.05, 0) is 30.2 Å². The topological polar surface area (TPSA) is 58.6 Å². The van der Waals surface area contributed by atoms with Crippen LogP contribution in [0, 0.1) is 0 Å². The van der Waals surface area contributed by atoms with E-state index in [0.717, 1.165) is 25.2 Å². The normalized spacial score (nSPS) is 13.2. The summed E-state index contributed by atoms with van der Waals surface area (Å²) >= 11 is 0. The van der Waals surface area contributed by atoms with Gasteiger partial charge >= 0.3 is 5.97 Å². The SMILES string of the molecule is O=C(O)CNCCc1ccc2c(c1)CCO2. The maximum absolute atomic E-state index is 10.3. The molecule has 0 amide bonds. The molecule has 0 bridgehead atoms. The summed E-state index contributed by atoms with van der Waals surface area (Å²) in [5.41, 5.74) is 2.48. The number of carbonyl (C=O) groups is 1. The molecule has 1 heterocycles. The molecule has 0 saturated heterocycles. The van der Waals surface area contributed by atoms with Crippen LogP contribution in [0.5, 0.6) is 5.75 Å². The molecule has 0 aromatic heterocycles. The first-order valence-corrected chi connectivity index (χ1v) is 5.43. The van der Waals surface area contributed by atoms with E-state index in [1.165, 1.54) is 11.1 Å². The minimum Gasteiger partial charge on any atom is -0.493 e. The predicted molar refractivity (Wildman–Crippen MR) is 59.9 cm³/mol. The fraction of sp³-hybridized carbons (Fsp3) is 0.417. The zero-order valence-corrected chi connectivity index (χ0v) is 9.03. The second-order valence-electron chi connectivity index (χ2n) is 3.86. The third-order valence-corrected chi connectivity index (χ3v) is 2.62. The van der Waals surface area contributed by atoms with Crippen LogP contribution in [0.2, 0.25) is 0 Å². The Labute approximate surface area is 94.2 Å². The third-order valence-electron chi connectivity index (χ3n) is 2.62. The number of benzene rings is 1. The summed E-state index contributed by atoms with van der Waals surface area (Å²) in [6.07, 6.45) is 1.83. The molecule has 2 rings (SSSR count). The Kier molecular flexibility index (Phi) is 3.41. The lowest BCUT2D eigenvalue weighted by Crippen LogP contribution is -2.24. The molecule has 16 heavy (non-hydrogen) atoms. The van der Waals surface area contributed by atoms with Gasteiger partial charge in [-0.1, -0.05) is 12.1 Å². The lowest BCUT2D eigenvalue weighted by molar-refractivity contribution is -0.135. The smallest absolute Gasteiger partial charge is 0.317 e. The van der Waals surface area contributed by atoms with Crippen molar-refractivity contribution >= 4 is 5.97 Å². The van der Waals surface area contributed by atoms with Crippen molar-refractivity contribution in [3.8, 4) is 5.75 Å². The van der Waals surface area contributed by atoms with E-state index in [-0.39, 0.29) is 6.54 Å². The number of carboxylic acid groups (broad SMARTS) is 1. The maximum atomic E-state index is 10.3. The van der Waals surface area contributed by atoms with Crippen molar-refractivity contribution in [3.63, 3.8) is 0 Å². The van der Waals surface area contributed by atoms with Crippen molar-refractivity contribution in [2.45, 2.75) is 12.8 Å². The van der Waals surface area contributed by atoms with Crippen LogP contribution < -0.4 is 10.1 Å². The highest BCUT2D eigenvalue weighted by atomic mass is 16.5. The predicted octanol–water partition coefficient (Wildman–Crippen LogP) is 0.838. The summed E-state index contributed by atoms with van der Waals surface area (Å²) in [6.45, 7) is 1.48. The Morgan fingerprint density at radius 1 is 1.50 bits per heavy atom. The molecule has 0 spiro atoms. The van der Waals surface area contributed by atoms with Crippen molar-refractivity contribution in [1.82, 2.24) is 5.32 Å². The Morgan fingerprint density at radius 2 is 2.38 bits per heavy atom. The number of rotatable bonds is 5. The first-order chi connectivity index (χ1) is 7.75. The molecule has 0 radical (unpaired) electrons. The lowest BCUT2D eigenvalue weighted by Gasteiger charge is -2.04. The van der Waals surface area contributed by atoms with Gasteiger partial charge in [-0.25, -0.2) is 0 Å². The molecule has 1 aliphatic heterocycles. The molecule has 1 aromatic rings. The van der Waals surface area contributed by atoms with Crippen LogP contribution in [-0.2, 0) is 17.6 Å². The number of fused-ring (bicyclic) bond motifs is 1. The quantitative estimate of drug-likeness (QED) is 0.723. The number of aliphatic carboxylic acids is 1. The molecule has 1 aliphatic rings. The van der Waals surface area contributed by atoms with Crippen molar-refractivity contribution in [2.24, 2.45) is 0 Å². The van der Waals surface area contributed by atoms with Crippen LogP contribution in [0.4, 0.5) is 0 Å². The summed E-state index contributed by atoms with van der Waals surface area (Å²) in [6, 6.07) is 6.17. The first-order valence-electron chi connectivity index (χ1n) is 5.43. The van der Waals surface area contributed by atoms with Gasteiger partial charge in [0.25, 0.3) is 0 Å². The van der Waals surface area contributed by atoms with Gasteiger partial charge in [-0.2, -0.15) is 0 Å². The van der Waals surface area contributed by atoms with Crippen molar-refractivity contribution < 1.29 is 14.6 Å². The lowest BCUT2D eigenvalue weighted by atomic mass is 10.1.